The summed E-state index contributed by atoms with van der Waals surface area (Å²) in [6, 6.07) is 8.08. The quantitative estimate of drug-likeness (QED) is 0.282. The Bertz CT molecular complexity index is 1080. The molecule has 1 fully saturated rings. The minimum atomic E-state index is 0.0167. The van der Waals surface area contributed by atoms with Crippen LogP contribution in [0.15, 0.2) is 41.8 Å². The van der Waals surface area contributed by atoms with Crippen LogP contribution in [0.1, 0.15) is 72.1 Å². The lowest BCUT2D eigenvalue weighted by Gasteiger charge is -2.32. The van der Waals surface area contributed by atoms with Gasteiger partial charge in [-0.25, -0.2) is 0 Å². The molecule has 5 nitrogen and oxygen atoms in total. The second-order valence-corrected chi connectivity index (χ2v) is 11.8. The number of fused-ring (bicyclic) bond motifs is 1. The molecule has 196 valence electrons. The van der Waals surface area contributed by atoms with Crippen LogP contribution in [0, 0.1) is 0 Å². The number of anilines is 1. The minimum Gasteiger partial charge on any atom is -0.478 e. The second-order valence-electron chi connectivity index (χ2n) is 10.0. The van der Waals surface area contributed by atoms with Crippen LogP contribution in [-0.2, 0) is 9.53 Å². The number of carbonyl (C=O) groups excluding carboxylic acids is 1. The summed E-state index contributed by atoms with van der Waals surface area (Å²) in [5, 5.41) is 2.11. The Balaban J connectivity index is 1.46. The predicted molar refractivity (Wildman–Crippen MR) is 153 cm³/mol. The van der Waals surface area contributed by atoms with Gasteiger partial charge < -0.3 is 9.64 Å². The van der Waals surface area contributed by atoms with Crippen molar-refractivity contribution in [3.05, 3.63) is 46.8 Å². The largest absolute Gasteiger partial charge is 0.478 e. The number of aromatic nitrogens is 1. The van der Waals surface area contributed by atoms with Gasteiger partial charge in [0.05, 0.1) is 10.8 Å². The zero-order chi connectivity index (χ0) is 25.5. The Kier molecular flexibility index (Phi) is 9.97. The third kappa shape index (κ3) is 6.76. The number of benzene rings is 1. The van der Waals surface area contributed by atoms with Crippen LogP contribution in [0.2, 0.25) is 5.02 Å². The summed E-state index contributed by atoms with van der Waals surface area (Å²) in [6.45, 7) is 10.1. The van der Waals surface area contributed by atoms with Gasteiger partial charge in [0.15, 0.2) is 6.23 Å². The molecule has 0 spiro atoms. The van der Waals surface area contributed by atoms with E-state index in [0.717, 1.165) is 67.7 Å². The monoisotopic (exact) mass is 529 g/mol. The van der Waals surface area contributed by atoms with E-state index in [9.17, 15) is 4.79 Å². The summed E-state index contributed by atoms with van der Waals surface area (Å²) in [5.41, 5.74) is 2.95. The van der Waals surface area contributed by atoms with Crippen LogP contribution >= 0.6 is 23.4 Å². The number of unbranched alkanes of at least 4 members (excludes halogenated alkanes) is 5. The smallest absolute Gasteiger partial charge is 0.219 e. The average molecular weight is 530 g/mol. The number of ether oxygens (including phenoxy) is 1. The van der Waals surface area contributed by atoms with Gasteiger partial charge >= 0.3 is 0 Å². The Morgan fingerprint density at radius 1 is 1.11 bits per heavy atom. The zero-order valence-corrected chi connectivity index (χ0v) is 23.5. The number of halogens is 1. The normalized spacial score (nSPS) is 20.3. The topological polar surface area (TPSA) is 45.7 Å². The molecule has 1 aromatic heterocycles. The van der Waals surface area contributed by atoms with Crippen molar-refractivity contribution in [2.24, 2.45) is 0 Å². The Morgan fingerprint density at radius 3 is 2.69 bits per heavy atom. The highest BCUT2D eigenvalue weighted by Gasteiger charge is 2.33. The fourth-order valence-electron chi connectivity index (χ4n) is 5.30. The first kappa shape index (κ1) is 27.3. The van der Waals surface area contributed by atoms with Gasteiger partial charge in [-0.05, 0) is 57.4 Å². The summed E-state index contributed by atoms with van der Waals surface area (Å²) in [7, 11) is 0. The van der Waals surface area contributed by atoms with Gasteiger partial charge in [0, 0.05) is 54.0 Å². The van der Waals surface area contributed by atoms with Gasteiger partial charge in [0.2, 0.25) is 5.12 Å². The fourth-order valence-corrected chi connectivity index (χ4v) is 6.41. The van der Waals surface area contributed by atoms with E-state index >= 15 is 0 Å². The van der Waals surface area contributed by atoms with Crippen LogP contribution in [0.5, 0.6) is 0 Å². The molecular weight excluding hydrogens is 490 g/mol. The third-order valence-electron chi connectivity index (χ3n) is 7.36. The molecule has 36 heavy (non-hydrogen) atoms. The highest BCUT2D eigenvalue weighted by atomic mass is 35.5. The molecule has 0 amide bonds. The third-order valence-corrected chi connectivity index (χ3v) is 8.68. The molecule has 3 heterocycles. The number of hydrogen-bond acceptors (Lipinski definition) is 6. The van der Waals surface area contributed by atoms with Crippen LogP contribution in [0.25, 0.3) is 10.9 Å². The molecule has 0 radical (unpaired) electrons. The lowest BCUT2D eigenvalue weighted by molar-refractivity contribution is -0.108. The lowest BCUT2D eigenvalue weighted by Crippen LogP contribution is -2.40. The van der Waals surface area contributed by atoms with Crippen molar-refractivity contribution < 1.29 is 9.53 Å². The summed E-state index contributed by atoms with van der Waals surface area (Å²) in [5.74, 6) is 0.888. The first-order valence-electron chi connectivity index (χ1n) is 13.6. The first-order chi connectivity index (χ1) is 17.5. The maximum atomic E-state index is 12.3. The molecule has 1 saturated heterocycles. The van der Waals surface area contributed by atoms with Crippen molar-refractivity contribution in [1.29, 1.82) is 0 Å². The van der Waals surface area contributed by atoms with E-state index in [2.05, 4.69) is 40.8 Å². The van der Waals surface area contributed by atoms with E-state index in [1.54, 1.807) is 0 Å². The highest BCUT2D eigenvalue weighted by molar-refractivity contribution is 8.15. The standard InChI is InChI=1S/C29H40ClN3O2S/c1-4-5-6-7-8-9-11-27(35-28-21(2)29(34)36-22(28)3)33-17-10-16-32(18-19-33)26-14-15-31-25-20-23(30)12-13-24(25)26/h12-15,20,22,27H,4-11,16-19H2,1-3H3. The predicted octanol–water partition coefficient (Wildman–Crippen LogP) is 7.43. The van der Waals surface area contributed by atoms with E-state index in [-0.39, 0.29) is 16.6 Å². The van der Waals surface area contributed by atoms with E-state index in [0.29, 0.717) is 5.02 Å². The average Bonchev–Trinajstić information content (AvgIpc) is 3.03. The van der Waals surface area contributed by atoms with Crippen LogP contribution in [-0.4, -0.2) is 52.7 Å². The van der Waals surface area contributed by atoms with Crippen LogP contribution in [0.4, 0.5) is 5.69 Å². The zero-order valence-electron chi connectivity index (χ0n) is 22.0. The van der Waals surface area contributed by atoms with E-state index < -0.39 is 0 Å². The number of nitrogens with zero attached hydrogens (tertiary/aromatic N) is 3. The molecule has 1 aromatic carbocycles. The van der Waals surface area contributed by atoms with Crippen LogP contribution in [0.3, 0.4) is 0 Å². The maximum Gasteiger partial charge on any atom is 0.219 e. The second kappa shape index (κ2) is 13.2. The number of thioether (sulfide) groups is 1. The van der Waals surface area contributed by atoms with Gasteiger partial charge in [-0.1, -0.05) is 62.4 Å². The van der Waals surface area contributed by atoms with Gasteiger partial charge in [0.25, 0.3) is 0 Å². The van der Waals surface area contributed by atoms with Crippen molar-refractivity contribution in [3.8, 4) is 0 Å². The molecule has 0 aliphatic carbocycles. The van der Waals surface area contributed by atoms with Crippen molar-refractivity contribution in [2.75, 3.05) is 31.1 Å². The molecular formula is C29H40ClN3O2S. The molecule has 2 atom stereocenters. The van der Waals surface area contributed by atoms with E-state index in [1.165, 1.54) is 49.6 Å². The van der Waals surface area contributed by atoms with E-state index in [4.69, 9.17) is 16.3 Å². The fraction of sp³-hybridized carbons (Fsp3) is 0.586. The molecule has 2 aromatic rings. The number of hydrogen-bond donors (Lipinski definition) is 0. The lowest BCUT2D eigenvalue weighted by atomic mass is 10.1. The number of pyridine rings is 1. The molecule has 0 bridgehead atoms. The number of carbonyl (C=O) groups is 1. The van der Waals surface area contributed by atoms with E-state index in [1.807, 2.05) is 25.3 Å². The van der Waals surface area contributed by atoms with Crippen LogP contribution < -0.4 is 4.90 Å². The van der Waals surface area contributed by atoms with Crippen molar-refractivity contribution in [1.82, 2.24) is 9.88 Å². The summed E-state index contributed by atoms with van der Waals surface area (Å²) >= 11 is 7.60. The van der Waals surface area contributed by atoms with Gasteiger partial charge in [-0.15, -0.1) is 0 Å². The molecule has 7 heteroatoms. The molecule has 2 aliphatic heterocycles. The number of rotatable bonds is 11. The SMILES string of the molecule is CCCCCCCCC(OC1=C(C)C(=O)SC1C)N1CCCN(c2ccnc3cc(Cl)ccc23)CC1. The van der Waals surface area contributed by atoms with Crippen molar-refractivity contribution >= 4 is 45.1 Å². The molecule has 2 unspecified atom stereocenters. The maximum absolute atomic E-state index is 12.3. The molecule has 2 aliphatic rings. The summed E-state index contributed by atoms with van der Waals surface area (Å²) in [6.07, 6.45) is 11.6. The molecule has 4 rings (SSSR count). The first-order valence-corrected chi connectivity index (χ1v) is 14.9. The highest BCUT2D eigenvalue weighted by Crippen LogP contribution is 2.36. The van der Waals surface area contributed by atoms with Crippen molar-refractivity contribution in [3.63, 3.8) is 0 Å². The molecule has 0 saturated carbocycles. The minimum absolute atomic E-state index is 0.0167. The van der Waals surface area contributed by atoms with Crippen molar-refractivity contribution in [2.45, 2.75) is 83.6 Å². The summed E-state index contributed by atoms with van der Waals surface area (Å²) in [4.78, 5) is 21.8. The van der Waals surface area contributed by atoms with Gasteiger partial charge in [-0.2, -0.15) is 0 Å². The van der Waals surface area contributed by atoms with Gasteiger partial charge in [-0.3, -0.25) is 14.7 Å². The Morgan fingerprint density at radius 2 is 1.92 bits per heavy atom. The Labute approximate surface area is 225 Å². The summed E-state index contributed by atoms with van der Waals surface area (Å²) < 4.78 is 6.67. The van der Waals surface area contributed by atoms with Gasteiger partial charge in [0.1, 0.15) is 5.76 Å². The Hall–Kier alpha value is -1.76. The molecule has 0 N–H and O–H groups in total.